The first-order chi connectivity index (χ1) is 9.79. The number of sulfonamides is 1. The van der Waals surface area contributed by atoms with Gasteiger partial charge in [0.25, 0.3) is 0 Å². The summed E-state index contributed by atoms with van der Waals surface area (Å²) >= 11 is 0. The maximum absolute atomic E-state index is 11.7. The molecule has 0 radical (unpaired) electrons. The van der Waals surface area contributed by atoms with E-state index in [2.05, 4.69) is 10.0 Å². The van der Waals surface area contributed by atoms with Gasteiger partial charge in [-0.25, -0.2) is 8.42 Å². The van der Waals surface area contributed by atoms with E-state index < -0.39 is 21.2 Å². The zero-order valence-electron chi connectivity index (χ0n) is 11.4. The minimum atomic E-state index is -3.99. The summed E-state index contributed by atoms with van der Waals surface area (Å²) in [6, 6.07) is 6.05. The molecule has 0 saturated heterocycles. The van der Waals surface area contributed by atoms with E-state index in [1.54, 1.807) is 12.1 Å². The summed E-state index contributed by atoms with van der Waals surface area (Å²) in [4.78, 5) is 22.3. The van der Waals surface area contributed by atoms with Crippen LogP contribution in [0.1, 0.15) is 19.8 Å². The Labute approximate surface area is 122 Å². The first kappa shape index (κ1) is 15.3. The molecule has 8 heteroatoms. The molecule has 7 nitrogen and oxygen atoms in total. The van der Waals surface area contributed by atoms with Crippen molar-refractivity contribution in [1.82, 2.24) is 0 Å². The van der Waals surface area contributed by atoms with Crippen molar-refractivity contribution in [3.8, 4) is 0 Å². The third kappa shape index (κ3) is 3.94. The van der Waals surface area contributed by atoms with Gasteiger partial charge in [-0.15, -0.1) is 0 Å². The Hall–Kier alpha value is -2.09. The van der Waals surface area contributed by atoms with Gasteiger partial charge in [-0.05, 0) is 44.0 Å². The highest BCUT2D eigenvalue weighted by molar-refractivity contribution is 7.94. The predicted molar refractivity (Wildman–Crippen MR) is 77.4 cm³/mol. The van der Waals surface area contributed by atoms with Gasteiger partial charge < -0.3 is 10.4 Å². The Bertz CT molecular complexity index is 650. The van der Waals surface area contributed by atoms with E-state index in [1.807, 2.05) is 0 Å². The quantitative estimate of drug-likeness (QED) is 0.731. The molecule has 1 aliphatic carbocycles. The van der Waals surface area contributed by atoms with Crippen molar-refractivity contribution in [2.45, 2.75) is 25.0 Å². The van der Waals surface area contributed by atoms with Crippen LogP contribution in [0.25, 0.3) is 0 Å². The van der Waals surface area contributed by atoms with Crippen molar-refractivity contribution in [3.05, 3.63) is 24.3 Å². The zero-order chi connectivity index (χ0) is 15.6. The monoisotopic (exact) mass is 312 g/mol. The lowest BCUT2D eigenvalue weighted by Crippen LogP contribution is -2.32. The van der Waals surface area contributed by atoms with Crippen LogP contribution in [-0.2, 0) is 19.6 Å². The standard InChI is InChI=1S/C13H16N2O5S/c1-8(13(17)18)21(19,20)15-11-6-4-10(5-7-11)14-12(16)9-2-3-9/h4-9,15H,2-3H2,1H3,(H,14,16)(H,17,18). The van der Waals surface area contributed by atoms with Gasteiger partial charge >= 0.3 is 5.97 Å². The van der Waals surface area contributed by atoms with Gasteiger partial charge in [-0.3, -0.25) is 14.3 Å². The molecule has 1 aromatic rings. The van der Waals surface area contributed by atoms with Crippen molar-refractivity contribution in [2.24, 2.45) is 5.92 Å². The van der Waals surface area contributed by atoms with Crippen LogP contribution in [0, 0.1) is 5.92 Å². The SMILES string of the molecule is CC(C(=O)O)S(=O)(=O)Nc1ccc(NC(=O)C2CC2)cc1. The van der Waals surface area contributed by atoms with Gasteiger partial charge in [0.15, 0.2) is 5.25 Å². The number of hydrogen-bond donors (Lipinski definition) is 3. The predicted octanol–water partition coefficient (Wildman–Crippen LogP) is 1.25. The minimum absolute atomic E-state index is 0.0390. The summed E-state index contributed by atoms with van der Waals surface area (Å²) in [6.07, 6.45) is 1.80. The number of nitrogens with one attached hydrogen (secondary N) is 2. The van der Waals surface area contributed by atoms with E-state index in [4.69, 9.17) is 5.11 Å². The lowest BCUT2D eigenvalue weighted by molar-refractivity contribution is -0.136. The van der Waals surface area contributed by atoms with Crippen LogP contribution >= 0.6 is 0 Å². The number of aliphatic carboxylic acids is 1. The number of benzene rings is 1. The second-order valence-electron chi connectivity index (χ2n) is 4.97. The highest BCUT2D eigenvalue weighted by Gasteiger charge is 2.30. The van der Waals surface area contributed by atoms with Crippen molar-refractivity contribution in [2.75, 3.05) is 10.0 Å². The summed E-state index contributed by atoms with van der Waals surface area (Å²) in [5.74, 6) is -1.38. The fraction of sp³-hybridized carbons (Fsp3) is 0.385. The summed E-state index contributed by atoms with van der Waals surface area (Å²) in [5.41, 5.74) is 0.814. The van der Waals surface area contributed by atoms with Gasteiger partial charge in [0.2, 0.25) is 15.9 Å². The first-order valence-corrected chi connectivity index (χ1v) is 7.99. The average molecular weight is 312 g/mol. The van der Waals surface area contributed by atoms with E-state index >= 15 is 0 Å². The number of carbonyl (C=O) groups is 2. The van der Waals surface area contributed by atoms with Crippen molar-refractivity contribution in [3.63, 3.8) is 0 Å². The average Bonchev–Trinajstić information content (AvgIpc) is 3.24. The Morgan fingerprint density at radius 1 is 1.19 bits per heavy atom. The number of hydrogen-bond acceptors (Lipinski definition) is 4. The molecule has 2 rings (SSSR count). The van der Waals surface area contributed by atoms with Gasteiger partial charge in [-0.1, -0.05) is 0 Å². The first-order valence-electron chi connectivity index (χ1n) is 6.45. The molecule has 1 saturated carbocycles. The van der Waals surface area contributed by atoms with Crippen molar-refractivity contribution < 1.29 is 23.1 Å². The molecule has 1 amide bonds. The maximum atomic E-state index is 11.7. The van der Waals surface area contributed by atoms with E-state index in [0.29, 0.717) is 5.69 Å². The molecular formula is C13H16N2O5S. The van der Waals surface area contributed by atoms with Gasteiger partial charge in [0.1, 0.15) is 0 Å². The van der Waals surface area contributed by atoms with Crippen LogP contribution in [0.5, 0.6) is 0 Å². The molecular weight excluding hydrogens is 296 g/mol. The Morgan fingerprint density at radius 2 is 1.71 bits per heavy atom. The molecule has 0 bridgehead atoms. The molecule has 1 aliphatic rings. The molecule has 114 valence electrons. The zero-order valence-corrected chi connectivity index (χ0v) is 12.2. The number of rotatable bonds is 6. The second-order valence-corrected chi connectivity index (χ2v) is 6.97. The lowest BCUT2D eigenvalue weighted by Gasteiger charge is -2.12. The maximum Gasteiger partial charge on any atom is 0.323 e. The number of carboxylic acids is 1. The topological polar surface area (TPSA) is 113 Å². The van der Waals surface area contributed by atoms with E-state index in [1.165, 1.54) is 12.1 Å². The van der Waals surface area contributed by atoms with E-state index in [9.17, 15) is 18.0 Å². The molecule has 1 fully saturated rings. The molecule has 21 heavy (non-hydrogen) atoms. The Morgan fingerprint density at radius 3 is 2.19 bits per heavy atom. The van der Waals surface area contributed by atoms with Crippen LogP contribution in [0.15, 0.2) is 24.3 Å². The number of anilines is 2. The lowest BCUT2D eigenvalue weighted by atomic mass is 10.2. The highest BCUT2D eigenvalue weighted by Crippen LogP contribution is 2.30. The Kier molecular flexibility index (Phi) is 4.17. The molecule has 1 atom stereocenters. The van der Waals surface area contributed by atoms with Crippen LogP contribution in [0.4, 0.5) is 11.4 Å². The smallest absolute Gasteiger partial charge is 0.323 e. The summed E-state index contributed by atoms with van der Waals surface area (Å²) in [7, 11) is -3.99. The Balaban J connectivity index is 2.02. The minimum Gasteiger partial charge on any atom is -0.480 e. The highest BCUT2D eigenvalue weighted by atomic mass is 32.2. The molecule has 0 aliphatic heterocycles. The molecule has 3 N–H and O–H groups in total. The number of carbonyl (C=O) groups excluding carboxylic acids is 1. The van der Waals surface area contributed by atoms with Crippen molar-refractivity contribution >= 4 is 33.3 Å². The third-order valence-electron chi connectivity index (χ3n) is 3.17. The normalized spacial score (nSPS) is 16.0. The van der Waals surface area contributed by atoms with Gasteiger partial charge in [0.05, 0.1) is 0 Å². The molecule has 1 unspecified atom stereocenters. The summed E-state index contributed by atoms with van der Waals surface area (Å²) < 4.78 is 25.7. The second kappa shape index (κ2) is 5.72. The molecule has 1 aromatic carbocycles. The van der Waals surface area contributed by atoms with Crippen LogP contribution < -0.4 is 10.0 Å². The van der Waals surface area contributed by atoms with Gasteiger partial charge in [0, 0.05) is 17.3 Å². The molecule has 0 heterocycles. The summed E-state index contributed by atoms with van der Waals surface area (Å²) in [5, 5.41) is 9.91. The van der Waals surface area contributed by atoms with Crippen LogP contribution in [0.2, 0.25) is 0 Å². The number of amides is 1. The largest absolute Gasteiger partial charge is 0.480 e. The van der Waals surface area contributed by atoms with Crippen LogP contribution in [-0.4, -0.2) is 30.7 Å². The fourth-order valence-electron chi connectivity index (χ4n) is 1.60. The molecule has 0 aromatic heterocycles. The number of carboxylic acid groups (broad SMARTS) is 1. The van der Waals surface area contributed by atoms with E-state index in [-0.39, 0.29) is 17.5 Å². The van der Waals surface area contributed by atoms with Crippen LogP contribution in [0.3, 0.4) is 0 Å². The summed E-state index contributed by atoms with van der Waals surface area (Å²) in [6.45, 7) is 1.09. The third-order valence-corrected chi connectivity index (χ3v) is 4.83. The van der Waals surface area contributed by atoms with Gasteiger partial charge in [-0.2, -0.15) is 0 Å². The molecule has 0 spiro atoms. The fourth-order valence-corrected chi connectivity index (χ4v) is 2.50. The van der Waals surface area contributed by atoms with Crippen molar-refractivity contribution in [1.29, 1.82) is 0 Å². The van der Waals surface area contributed by atoms with E-state index in [0.717, 1.165) is 19.8 Å².